The Labute approximate surface area is 233 Å². The number of ether oxygens (including phenoxy) is 1. The molecule has 1 aliphatic carbocycles. The van der Waals surface area contributed by atoms with E-state index in [4.69, 9.17) is 16.3 Å². The minimum absolute atomic E-state index is 0.0129. The van der Waals surface area contributed by atoms with E-state index in [2.05, 4.69) is 5.32 Å². The first-order valence-electron chi connectivity index (χ1n) is 13.9. The summed E-state index contributed by atoms with van der Waals surface area (Å²) in [6, 6.07) is 12.6. The molecule has 5 rings (SSSR count). The highest BCUT2D eigenvalue weighted by atomic mass is 35.5. The van der Waals surface area contributed by atoms with Crippen molar-refractivity contribution in [3.8, 4) is 5.75 Å². The number of hydrogen-bond acceptors (Lipinski definition) is 5. The number of benzene rings is 2. The second-order valence-corrected chi connectivity index (χ2v) is 11.3. The normalized spacial score (nSPS) is 23.8. The van der Waals surface area contributed by atoms with Crippen molar-refractivity contribution in [2.75, 3.05) is 32.7 Å². The van der Waals surface area contributed by atoms with Gasteiger partial charge >= 0.3 is 6.09 Å². The van der Waals surface area contributed by atoms with Crippen molar-refractivity contribution in [3.05, 3.63) is 64.9 Å². The average molecular weight is 556 g/mol. The summed E-state index contributed by atoms with van der Waals surface area (Å²) in [7, 11) is 0. The number of likely N-dealkylation sites (tertiary alicyclic amines) is 1. The molecule has 7 nitrogen and oxygen atoms in total. The highest BCUT2D eigenvalue weighted by molar-refractivity contribution is 6.30. The van der Waals surface area contributed by atoms with Crippen LogP contribution in [0.1, 0.15) is 50.5 Å². The Morgan fingerprint density at radius 3 is 2.28 bits per heavy atom. The molecule has 2 aromatic rings. The topological polar surface area (TPSA) is 79.0 Å². The van der Waals surface area contributed by atoms with Crippen LogP contribution in [0.4, 0.5) is 9.18 Å². The summed E-state index contributed by atoms with van der Waals surface area (Å²) in [6.45, 7) is 3.97. The average Bonchev–Trinajstić information content (AvgIpc) is 3.35. The molecule has 1 saturated carbocycles. The number of carbonyl (C=O) groups is 3. The van der Waals surface area contributed by atoms with E-state index in [0.29, 0.717) is 37.5 Å². The van der Waals surface area contributed by atoms with E-state index < -0.39 is 17.4 Å². The third-order valence-electron chi connectivity index (χ3n) is 8.69. The predicted molar refractivity (Wildman–Crippen MR) is 146 cm³/mol. The molecule has 2 amide bonds. The lowest BCUT2D eigenvalue weighted by Gasteiger charge is -2.45. The van der Waals surface area contributed by atoms with Gasteiger partial charge in [0.1, 0.15) is 17.1 Å². The number of piperidine rings is 1. The molecule has 3 aliphatic rings. The number of ketones is 1. The fourth-order valence-corrected chi connectivity index (χ4v) is 6.45. The lowest BCUT2D eigenvalue weighted by Crippen LogP contribution is -2.64. The van der Waals surface area contributed by atoms with Crippen molar-refractivity contribution in [3.63, 3.8) is 0 Å². The van der Waals surface area contributed by atoms with Crippen LogP contribution in [0, 0.1) is 17.7 Å². The Bertz CT molecular complexity index is 1200. The minimum atomic E-state index is -1.19. The number of halogens is 2. The Balaban J connectivity index is 1.44. The number of carbonyl (C=O) groups excluding carboxylic acids is 3. The minimum Gasteiger partial charge on any atom is -0.410 e. The smallest absolute Gasteiger partial charge is 0.410 e. The van der Waals surface area contributed by atoms with Crippen LogP contribution in [0.15, 0.2) is 48.5 Å². The third kappa shape index (κ3) is 5.41. The van der Waals surface area contributed by atoms with Crippen molar-refractivity contribution in [2.45, 2.75) is 50.5 Å². The lowest BCUT2D eigenvalue weighted by atomic mass is 9.71. The van der Waals surface area contributed by atoms with Gasteiger partial charge in [-0.25, -0.2) is 9.18 Å². The van der Waals surface area contributed by atoms with Gasteiger partial charge in [-0.15, -0.1) is 0 Å². The van der Waals surface area contributed by atoms with Crippen molar-refractivity contribution in [1.82, 2.24) is 15.1 Å². The van der Waals surface area contributed by atoms with E-state index in [1.165, 1.54) is 29.2 Å². The molecule has 1 N–H and O–H groups in total. The number of amides is 2. The number of likely N-dealkylation sites (N-methyl/N-ethyl adjacent to an activating group) is 1. The van der Waals surface area contributed by atoms with Crippen LogP contribution in [-0.2, 0) is 9.59 Å². The van der Waals surface area contributed by atoms with Gasteiger partial charge < -0.3 is 15.0 Å². The van der Waals surface area contributed by atoms with Crippen molar-refractivity contribution < 1.29 is 23.5 Å². The van der Waals surface area contributed by atoms with E-state index in [1.807, 2.05) is 24.0 Å². The summed E-state index contributed by atoms with van der Waals surface area (Å²) >= 11 is 6.17. The first kappa shape index (κ1) is 27.6. The van der Waals surface area contributed by atoms with Crippen LogP contribution in [-0.4, -0.2) is 65.8 Å². The number of hydrogen-bond donors (Lipinski definition) is 1. The fourth-order valence-electron chi connectivity index (χ4n) is 6.32. The van der Waals surface area contributed by atoms with Gasteiger partial charge in [-0.3, -0.25) is 14.5 Å². The number of rotatable bonds is 7. The fraction of sp³-hybridized carbons (Fsp3) is 0.500. The zero-order chi connectivity index (χ0) is 27.6. The van der Waals surface area contributed by atoms with Gasteiger partial charge in [-0.2, -0.15) is 0 Å². The second-order valence-electron chi connectivity index (χ2n) is 10.8. The summed E-state index contributed by atoms with van der Waals surface area (Å²) < 4.78 is 19.1. The quantitative estimate of drug-likeness (QED) is 0.518. The van der Waals surface area contributed by atoms with Gasteiger partial charge in [-0.1, -0.05) is 30.2 Å². The molecule has 2 aliphatic heterocycles. The summed E-state index contributed by atoms with van der Waals surface area (Å²) in [4.78, 5) is 44.5. The SMILES string of the molecule is CCN(C(=O)Oc1ccc(F)cc1)[C@]1(C(=O)C2CCN(C(=O)C3CCC3)CC2)CNC[C@H]1c1ccc(Cl)cc1. The van der Waals surface area contributed by atoms with Gasteiger partial charge in [0.2, 0.25) is 5.91 Å². The van der Waals surface area contributed by atoms with Crippen LogP contribution in [0.3, 0.4) is 0 Å². The van der Waals surface area contributed by atoms with Crippen LogP contribution in [0.5, 0.6) is 5.75 Å². The zero-order valence-corrected chi connectivity index (χ0v) is 23.0. The molecule has 208 valence electrons. The Morgan fingerprint density at radius 1 is 1.03 bits per heavy atom. The number of Topliss-reactive ketones (excluding diaryl/α,β-unsaturated/α-hetero) is 1. The Kier molecular flexibility index (Phi) is 8.24. The van der Waals surface area contributed by atoms with Crippen LogP contribution in [0.2, 0.25) is 5.02 Å². The molecular formula is C30H35ClFN3O4. The molecule has 0 unspecified atom stereocenters. The Hall–Kier alpha value is -2.97. The lowest BCUT2D eigenvalue weighted by molar-refractivity contribution is -0.143. The molecule has 0 spiro atoms. The van der Waals surface area contributed by atoms with Gasteiger partial charge in [-0.05, 0) is 74.6 Å². The molecule has 9 heteroatoms. The Morgan fingerprint density at radius 2 is 1.69 bits per heavy atom. The van der Waals surface area contributed by atoms with Crippen LogP contribution >= 0.6 is 11.6 Å². The summed E-state index contributed by atoms with van der Waals surface area (Å²) in [5.41, 5.74) is -0.284. The molecule has 2 heterocycles. The molecule has 2 atom stereocenters. The first-order valence-corrected chi connectivity index (χ1v) is 14.3. The van der Waals surface area contributed by atoms with Crippen LogP contribution in [0.25, 0.3) is 0 Å². The largest absolute Gasteiger partial charge is 0.416 e. The maximum absolute atomic E-state index is 14.6. The molecule has 2 aromatic carbocycles. The molecule has 3 fully saturated rings. The van der Waals surface area contributed by atoms with Crippen molar-refractivity contribution in [1.29, 1.82) is 0 Å². The van der Waals surface area contributed by atoms with Crippen LogP contribution < -0.4 is 10.1 Å². The predicted octanol–water partition coefficient (Wildman–Crippen LogP) is 5.03. The zero-order valence-electron chi connectivity index (χ0n) is 22.2. The summed E-state index contributed by atoms with van der Waals surface area (Å²) in [6.07, 6.45) is 3.49. The van der Waals surface area contributed by atoms with E-state index in [1.54, 1.807) is 12.1 Å². The van der Waals surface area contributed by atoms with Gasteiger partial charge in [0.05, 0.1) is 0 Å². The maximum atomic E-state index is 14.6. The third-order valence-corrected chi connectivity index (χ3v) is 8.94. The first-order chi connectivity index (χ1) is 18.8. The monoisotopic (exact) mass is 555 g/mol. The molecule has 0 aromatic heterocycles. The molecule has 2 saturated heterocycles. The van der Waals surface area contributed by atoms with E-state index in [9.17, 15) is 18.8 Å². The number of nitrogens with zero attached hydrogens (tertiary/aromatic N) is 2. The molecule has 0 bridgehead atoms. The molecule has 0 radical (unpaired) electrons. The van der Waals surface area contributed by atoms with Crippen molar-refractivity contribution in [2.24, 2.45) is 11.8 Å². The highest BCUT2D eigenvalue weighted by Crippen LogP contribution is 2.42. The van der Waals surface area contributed by atoms with Gasteiger partial charge in [0.25, 0.3) is 0 Å². The number of nitrogens with one attached hydrogen (secondary N) is 1. The van der Waals surface area contributed by atoms with Gasteiger partial charge in [0, 0.05) is 55.5 Å². The summed E-state index contributed by atoms with van der Waals surface area (Å²) in [5.74, 6) is -0.509. The van der Waals surface area contributed by atoms with Crippen molar-refractivity contribution >= 4 is 29.4 Å². The maximum Gasteiger partial charge on any atom is 0.416 e. The molecule has 39 heavy (non-hydrogen) atoms. The second kappa shape index (κ2) is 11.6. The standard InChI is InChI=1S/C30H35ClFN3O4/c1-2-35(29(38)39-25-12-10-24(32)11-13-25)30(19-33-18-26(30)20-6-8-23(31)9-7-20)27(36)21-14-16-34(17-15-21)28(37)22-4-3-5-22/h6-13,21-22,26,33H,2-5,14-19H2,1H3/t26-,30+/m0/s1. The van der Waals surface area contributed by atoms with E-state index in [-0.39, 0.29) is 48.3 Å². The molecular weight excluding hydrogens is 521 g/mol. The van der Waals surface area contributed by atoms with Gasteiger partial charge in [0.15, 0.2) is 5.78 Å². The highest BCUT2D eigenvalue weighted by Gasteiger charge is 2.57. The van der Waals surface area contributed by atoms with E-state index >= 15 is 0 Å². The van der Waals surface area contributed by atoms with E-state index in [0.717, 1.165) is 24.8 Å². The summed E-state index contributed by atoms with van der Waals surface area (Å²) in [5, 5.41) is 3.97.